The number of pyridine rings is 1. The smallest absolute Gasteiger partial charge is 0.141 e. The fraction of sp³-hybridized carbons (Fsp3) is 0.444. The minimum atomic E-state index is -0.340. The van der Waals surface area contributed by atoms with Crippen molar-refractivity contribution in [2.45, 2.75) is 25.9 Å². The molecule has 1 aromatic rings. The predicted octanol–water partition coefficient (Wildman–Crippen LogP) is 1.53. The summed E-state index contributed by atoms with van der Waals surface area (Å²) in [7, 11) is 0. The first kappa shape index (κ1) is 9.13. The standard InChI is InChI=1S/C9H12FNO/c1-7(12)2-3-8-4-9(10)6-11-5-8/h4-7,12H,2-3H2,1H3/t7-/m0/s1. The van der Waals surface area contributed by atoms with Crippen molar-refractivity contribution in [1.82, 2.24) is 4.98 Å². The van der Waals surface area contributed by atoms with E-state index >= 15 is 0 Å². The summed E-state index contributed by atoms with van der Waals surface area (Å²) >= 11 is 0. The van der Waals surface area contributed by atoms with Gasteiger partial charge in [0.2, 0.25) is 0 Å². The molecule has 12 heavy (non-hydrogen) atoms. The molecular weight excluding hydrogens is 157 g/mol. The molecule has 0 bridgehead atoms. The molecule has 0 unspecified atom stereocenters. The molecule has 0 aromatic carbocycles. The van der Waals surface area contributed by atoms with Crippen LogP contribution in [0.5, 0.6) is 0 Å². The zero-order valence-electron chi connectivity index (χ0n) is 7.00. The van der Waals surface area contributed by atoms with Gasteiger partial charge in [-0.25, -0.2) is 4.39 Å². The van der Waals surface area contributed by atoms with Crippen molar-refractivity contribution in [3.8, 4) is 0 Å². The number of rotatable bonds is 3. The van der Waals surface area contributed by atoms with Gasteiger partial charge in [0.25, 0.3) is 0 Å². The van der Waals surface area contributed by atoms with Crippen molar-refractivity contribution < 1.29 is 9.50 Å². The Hall–Kier alpha value is -0.960. The molecule has 3 heteroatoms. The van der Waals surface area contributed by atoms with Crippen molar-refractivity contribution in [2.75, 3.05) is 0 Å². The maximum absolute atomic E-state index is 12.6. The van der Waals surface area contributed by atoms with Crippen LogP contribution in [-0.2, 0) is 6.42 Å². The van der Waals surface area contributed by atoms with Gasteiger partial charge < -0.3 is 5.11 Å². The van der Waals surface area contributed by atoms with Crippen LogP contribution in [-0.4, -0.2) is 16.2 Å². The van der Waals surface area contributed by atoms with Crippen LogP contribution < -0.4 is 0 Å². The van der Waals surface area contributed by atoms with E-state index in [1.54, 1.807) is 13.1 Å². The minimum Gasteiger partial charge on any atom is -0.393 e. The molecule has 0 amide bonds. The van der Waals surface area contributed by atoms with E-state index in [4.69, 9.17) is 5.11 Å². The second-order valence-corrected chi connectivity index (χ2v) is 2.90. The quantitative estimate of drug-likeness (QED) is 0.744. The number of halogens is 1. The Bertz CT molecular complexity index is 250. The van der Waals surface area contributed by atoms with E-state index in [9.17, 15) is 4.39 Å². The maximum atomic E-state index is 12.6. The summed E-state index contributed by atoms with van der Waals surface area (Å²) in [5, 5.41) is 8.97. The molecule has 1 aromatic heterocycles. The van der Waals surface area contributed by atoms with Crippen LogP contribution in [0.25, 0.3) is 0 Å². The average molecular weight is 169 g/mol. The van der Waals surface area contributed by atoms with Gasteiger partial charge in [-0.1, -0.05) is 0 Å². The average Bonchev–Trinajstić information content (AvgIpc) is 2.01. The summed E-state index contributed by atoms with van der Waals surface area (Å²) in [4.78, 5) is 3.71. The Morgan fingerprint density at radius 2 is 2.33 bits per heavy atom. The number of hydrogen-bond acceptors (Lipinski definition) is 2. The van der Waals surface area contributed by atoms with E-state index < -0.39 is 0 Å². The highest BCUT2D eigenvalue weighted by Gasteiger charge is 1.99. The molecule has 0 radical (unpaired) electrons. The van der Waals surface area contributed by atoms with Crippen LogP contribution in [0.15, 0.2) is 18.5 Å². The molecule has 0 aliphatic rings. The largest absolute Gasteiger partial charge is 0.393 e. The summed E-state index contributed by atoms with van der Waals surface area (Å²) in [6.45, 7) is 1.72. The summed E-state index contributed by atoms with van der Waals surface area (Å²) < 4.78 is 12.6. The van der Waals surface area contributed by atoms with Crippen molar-refractivity contribution in [3.63, 3.8) is 0 Å². The van der Waals surface area contributed by atoms with Crippen LogP contribution in [0.2, 0.25) is 0 Å². The van der Waals surface area contributed by atoms with Gasteiger partial charge in [0.1, 0.15) is 5.82 Å². The number of aliphatic hydroxyl groups excluding tert-OH is 1. The topological polar surface area (TPSA) is 33.1 Å². The van der Waals surface area contributed by atoms with Gasteiger partial charge >= 0.3 is 0 Å². The van der Waals surface area contributed by atoms with Crippen molar-refractivity contribution in [3.05, 3.63) is 29.8 Å². The molecule has 1 rings (SSSR count). The van der Waals surface area contributed by atoms with Gasteiger partial charge in [0, 0.05) is 6.20 Å². The fourth-order valence-electron chi connectivity index (χ4n) is 0.968. The van der Waals surface area contributed by atoms with E-state index in [0.717, 1.165) is 5.56 Å². The highest BCUT2D eigenvalue weighted by molar-refractivity contribution is 5.10. The Morgan fingerprint density at radius 3 is 2.92 bits per heavy atom. The SMILES string of the molecule is C[C@H](O)CCc1cncc(F)c1. The molecule has 1 N–H and O–H groups in total. The summed E-state index contributed by atoms with van der Waals surface area (Å²) in [6, 6.07) is 1.44. The minimum absolute atomic E-state index is 0.321. The zero-order valence-corrected chi connectivity index (χ0v) is 7.00. The molecular formula is C9H12FNO. The molecule has 1 atom stereocenters. The van der Waals surface area contributed by atoms with Gasteiger partial charge in [0.05, 0.1) is 12.3 Å². The highest BCUT2D eigenvalue weighted by atomic mass is 19.1. The highest BCUT2D eigenvalue weighted by Crippen LogP contribution is 2.05. The molecule has 0 aliphatic heterocycles. The van der Waals surface area contributed by atoms with E-state index in [1.807, 2.05) is 0 Å². The monoisotopic (exact) mass is 169 g/mol. The normalized spacial score (nSPS) is 12.9. The predicted molar refractivity (Wildman–Crippen MR) is 44.2 cm³/mol. The third-order valence-electron chi connectivity index (χ3n) is 1.61. The Kier molecular flexibility index (Phi) is 3.17. The number of aromatic nitrogens is 1. The third-order valence-corrected chi connectivity index (χ3v) is 1.61. The summed E-state index contributed by atoms with van der Waals surface area (Å²) in [6.07, 6.45) is 3.76. The molecule has 0 fully saturated rings. The van der Waals surface area contributed by atoms with E-state index in [2.05, 4.69) is 4.98 Å². The molecule has 1 heterocycles. The Morgan fingerprint density at radius 1 is 1.58 bits per heavy atom. The van der Waals surface area contributed by atoms with Gasteiger partial charge in [-0.15, -0.1) is 0 Å². The molecule has 2 nitrogen and oxygen atoms in total. The Labute approximate surface area is 71.1 Å². The van der Waals surface area contributed by atoms with Crippen LogP contribution in [0.1, 0.15) is 18.9 Å². The molecule has 0 saturated heterocycles. The molecule has 0 spiro atoms. The number of nitrogens with zero attached hydrogens (tertiary/aromatic N) is 1. The van der Waals surface area contributed by atoms with Gasteiger partial charge in [-0.2, -0.15) is 0 Å². The van der Waals surface area contributed by atoms with Gasteiger partial charge in [-0.3, -0.25) is 4.98 Å². The van der Waals surface area contributed by atoms with Crippen LogP contribution in [0.3, 0.4) is 0 Å². The zero-order chi connectivity index (χ0) is 8.97. The number of hydrogen-bond donors (Lipinski definition) is 1. The van der Waals surface area contributed by atoms with Crippen LogP contribution in [0.4, 0.5) is 4.39 Å². The van der Waals surface area contributed by atoms with E-state index in [1.165, 1.54) is 12.3 Å². The molecule has 0 saturated carbocycles. The number of aliphatic hydroxyl groups is 1. The van der Waals surface area contributed by atoms with E-state index in [-0.39, 0.29) is 11.9 Å². The third kappa shape index (κ3) is 2.96. The van der Waals surface area contributed by atoms with Gasteiger partial charge in [0.15, 0.2) is 0 Å². The lowest BCUT2D eigenvalue weighted by Crippen LogP contribution is -2.01. The van der Waals surface area contributed by atoms with Crippen molar-refractivity contribution in [2.24, 2.45) is 0 Å². The number of aryl methyl sites for hydroxylation is 1. The lowest BCUT2D eigenvalue weighted by Gasteiger charge is -2.02. The maximum Gasteiger partial charge on any atom is 0.141 e. The first-order valence-electron chi connectivity index (χ1n) is 3.96. The first-order valence-corrected chi connectivity index (χ1v) is 3.96. The molecule has 0 aliphatic carbocycles. The van der Waals surface area contributed by atoms with Crippen molar-refractivity contribution in [1.29, 1.82) is 0 Å². The van der Waals surface area contributed by atoms with Crippen LogP contribution >= 0.6 is 0 Å². The van der Waals surface area contributed by atoms with Crippen molar-refractivity contribution >= 4 is 0 Å². The summed E-state index contributed by atoms with van der Waals surface area (Å²) in [5.74, 6) is -0.321. The lowest BCUT2D eigenvalue weighted by molar-refractivity contribution is 0.185. The second-order valence-electron chi connectivity index (χ2n) is 2.90. The van der Waals surface area contributed by atoms with Crippen LogP contribution in [0, 0.1) is 5.82 Å². The second kappa shape index (κ2) is 4.16. The van der Waals surface area contributed by atoms with Gasteiger partial charge in [-0.05, 0) is 31.4 Å². The first-order chi connectivity index (χ1) is 5.68. The molecule has 66 valence electrons. The Balaban J connectivity index is 2.52. The fourth-order valence-corrected chi connectivity index (χ4v) is 0.968. The van der Waals surface area contributed by atoms with E-state index in [0.29, 0.717) is 12.8 Å². The summed E-state index contributed by atoms with van der Waals surface area (Å²) in [5.41, 5.74) is 0.830. The lowest BCUT2D eigenvalue weighted by atomic mass is 10.1.